The number of aromatic nitrogens is 4. The van der Waals surface area contributed by atoms with Gasteiger partial charge in [-0.15, -0.1) is 0 Å². The van der Waals surface area contributed by atoms with Gasteiger partial charge in [0.25, 0.3) is 0 Å². The number of hydrogen-bond acceptors (Lipinski definition) is 5. The molecular formula is C17H21N5O. The fourth-order valence-corrected chi connectivity index (χ4v) is 2.40. The predicted octanol–water partition coefficient (Wildman–Crippen LogP) is 3.22. The Balaban J connectivity index is 1.70. The molecule has 2 heterocycles. The van der Waals surface area contributed by atoms with Gasteiger partial charge in [0, 0.05) is 18.0 Å². The Hall–Kier alpha value is -2.47. The van der Waals surface area contributed by atoms with Gasteiger partial charge >= 0.3 is 0 Å². The summed E-state index contributed by atoms with van der Waals surface area (Å²) in [5, 5.41) is 11.5. The van der Waals surface area contributed by atoms with E-state index in [1.807, 2.05) is 32.2 Å². The average molecular weight is 311 g/mol. The van der Waals surface area contributed by atoms with Gasteiger partial charge in [-0.05, 0) is 20.0 Å². The van der Waals surface area contributed by atoms with Crippen LogP contribution in [0.2, 0.25) is 0 Å². The van der Waals surface area contributed by atoms with Gasteiger partial charge in [0.15, 0.2) is 5.82 Å². The number of nitrogens with one attached hydrogen (secondary N) is 1. The van der Waals surface area contributed by atoms with E-state index in [0.717, 1.165) is 23.4 Å². The molecule has 0 saturated heterocycles. The van der Waals surface area contributed by atoms with Crippen molar-refractivity contribution in [1.82, 2.24) is 25.2 Å². The number of aryl methyl sites for hydroxylation is 1. The standard InChI is InChI=1S/C17H21N5O/c1-4-17-18-16(21-23-17)11-22(3)12(2)14-10-15(20-19-14)13-8-6-5-7-9-13/h5-10,12H,4,11H2,1-3H3,(H,19,20). The maximum absolute atomic E-state index is 5.15. The monoisotopic (exact) mass is 311 g/mol. The summed E-state index contributed by atoms with van der Waals surface area (Å²) < 4.78 is 5.15. The number of aromatic amines is 1. The van der Waals surface area contributed by atoms with Crippen LogP contribution in [0.3, 0.4) is 0 Å². The molecule has 0 amide bonds. The van der Waals surface area contributed by atoms with Gasteiger partial charge in [-0.25, -0.2) is 0 Å². The molecule has 23 heavy (non-hydrogen) atoms. The lowest BCUT2D eigenvalue weighted by atomic mass is 10.1. The molecule has 0 bridgehead atoms. The van der Waals surface area contributed by atoms with E-state index in [9.17, 15) is 0 Å². The summed E-state index contributed by atoms with van der Waals surface area (Å²) in [6.45, 7) is 4.76. The van der Waals surface area contributed by atoms with Gasteiger partial charge in [-0.1, -0.05) is 42.4 Å². The summed E-state index contributed by atoms with van der Waals surface area (Å²) in [6.07, 6.45) is 0.757. The molecule has 0 aliphatic carbocycles. The van der Waals surface area contributed by atoms with Gasteiger partial charge in [-0.2, -0.15) is 10.1 Å². The Bertz CT molecular complexity index is 749. The average Bonchev–Trinajstić information content (AvgIpc) is 3.24. The summed E-state index contributed by atoms with van der Waals surface area (Å²) in [6, 6.07) is 12.4. The van der Waals surface area contributed by atoms with Gasteiger partial charge < -0.3 is 4.52 Å². The lowest BCUT2D eigenvalue weighted by Gasteiger charge is -2.21. The second kappa shape index (κ2) is 6.75. The normalized spacial score (nSPS) is 12.7. The maximum Gasteiger partial charge on any atom is 0.226 e. The van der Waals surface area contributed by atoms with Gasteiger partial charge in [0.1, 0.15) is 0 Å². The first kappa shape index (κ1) is 15.4. The van der Waals surface area contributed by atoms with E-state index >= 15 is 0 Å². The predicted molar refractivity (Wildman–Crippen MR) is 87.6 cm³/mol. The first-order chi connectivity index (χ1) is 11.2. The van der Waals surface area contributed by atoms with Crippen molar-refractivity contribution >= 4 is 0 Å². The van der Waals surface area contributed by atoms with Crippen molar-refractivity contribution in [3.8, 4) is 11.3 Å². The zero-order chi connectivity index (χ0) is 16.2. The van der Waals surface area contributed by atoms with E-state index in [-0.39, 0.29) is 6.04 Å². The third kappa shape index (κ3) is 3.48. The second-order valence-corrected chi connectivity index (χ2v) is 5.62. The molecule has 0 aliphatic heterocycles. The molecule has 1 unspecified atom stereocenters. The zero-order valence-corrected chi connectivity index (χ0v) is 13.7. The minimum absolute atomic E-state index is 0.170. The van der Waals surface area contributed by atoms with Crippen molar-refractivity contribution < 1.29 is 4.52 Å². The highest BCUT2D eigenvalue weighted by molar-refractivity contribution is 5.59. The van der Waals surface area contributed by atoms with E-state index in [0.29, 0.717) is 18.3 Å². The van der Waals surface area contributed by atoms with Crippen molar-refractivity contribution in [1.29, 1.82) is 0 Å². The molecule has 0 radical (unpaired) electrons. The number of benzene rings is 1. The molecule has 6 heteroatoms. The molecule has 0 saturated carbocycles. The quantitative estimate of drug-likeness (QED) is 0.757. The molecule has 1 N–H and O–H groups in total. The Morgan fingerprint density at radius 1 is 1.26 bits per heavy atom. The molecule has 120 valence electrons. The molecular weight excluding hydrogens is 290 g/mol. The van der Waals surface area contributed by atoms with Crippen LogP contribution in [-0.4, -0.2) is 32.3 Å². The van der Waals surface area contributed by atoms with Crippen LogP contribution in [0, 0.1) is 0 Å². The molecule has 3 rings (SSSR count). The summed E-state index contributed by atoms with van der Waals surface area (Å²) >= 11 is 0. The Morgan fingerprint density at radius 3 is 2.74 bits per heavy atom. The first-order valence-electron chi connectivity index (χ1n) is 7.79. The van der Waals surface area contributed by atoms with Crippen LogP contribution in [0.5, 0.6) is 0 Å². The summed E-state index contributed by atoms with van der Waals surface area (Å²) in [5.41, 5.74) is 3.12. The lowest BCUT2D eigenvalue weighted by molar-refractivity contribution is 0.238. The van der Waals surface area contributed by atoms with E-state index < -0.39 is 0 Å². The lowest BCUT2D eigenvalue weighted by Crippen LogP contribution is -2.22. The Labute approximate surface area is 135 Å². The second-order valence-electron chi connectivity index (χ2n) is 5.62. The highest BCUT2D eigenvalue weighted by Crippen LogP contribution is 2.23. The van der Waals surface area contributed by atoms with E-state index in [2.05, 4.69) is 50.4 Å². The molecule has 1 atom stereocenters. The molecule has 0 aliphatic rings. The highest BCUT2D eigenvalue weighted by Gasteiger charge is 2.17. The fourth-order valence-electron chi connectivity index (χ4n) is 2.40. The van der Waals surface area contributed by atoms with Gasteiger partial charge in [0.2, 0.25) is 5.89 Å². The van der Waals surface area contributed by atoms with Crippen LogP contribution in [0.25, 0.3) is 11.3 Å². The number of hydrogen-bond donors (Lipinski definition) is 1. The van der Waals surface area contributed by atoms with E-state index in [1.165, 1.54) is 0 Å². The SMILES string of the molecule is CCc1nc(CN(C)C(C)c2cc(-c3ccccc3)n[nH]2)no1. The zero-order valence-electron chi connectivity index (χ0n) is 13.7. The minimum Gasteiger partial charge on any atom is -0.339 e. The molecule has 2 aromatic heterocycles. The molecule has 0 spiro atoms. The molecule has 3 aromatic rings. The minimum atomic E-state index is 0.170. The number of rotatable bonds is 6. The van der Waals surface area contributed by atoms with Crippen LogP contribution in [-0.2, 0) is 13.0 Å². The van der Waals surface area contributed by atoms with Crippen LogP contribution in [0.1, 0.15) is 37.3 Å². The van der Waals surface area contributed by atoms with E-state index in [1.54, 1.807) is 0 Å². The van der Waals surface area contributed by atoms with Crippen LogP contribution < -0.4 is 0 Å². The third-order valence-electron chi connectivity index (χ3n) is 3.98. The summed E-state index contributed by atoms with van der Waals surface area (Å²) in [4.78, 5) is 6.51. The topological polar surface area (TPSA) is 70.8 Å². The van der Waals surface area contributed by atoms with Gasteiger partial charge in [0.05, 0.1) is 17.9 Å². The van der Waals surface area contributed by atoms with Crippen molar-refractivity contribution in [3.05, 3.63) is 53.8 Å². The van der Waals surface area contributed by atoms with E-state index in [4.69, 9.17) is 4.52 Å². The Morgan fingerprint density at radius 2 is 2.04 bits per heavy atom. The van der Waals surface area contributed by atoms with Crippen LogP contribution in [0.15, 0.2) is 40.9 Å². The number of nitrogens with zero attached hydrogens (tertiary/aromatic N) is 4. The number of H-pyrrole nitrogens is 1. The van der Waals surface area contributed by atoms with Crippen LogP contribution in [0.4, 0.5) is 0 Å². The van der Waals surface area contributed by atoms with Crippen molar-refractivity contribution in [3.63, 3.8) is 0 Å². The maximum atomic E-state index is 5.15. The summed E-state index contributed by atoms with van der Waals surface area (Å²) in [5.74, 6) is 1.38. The molecule has 6 nitrogen and oxygen atoms in total. The fraction of sp³-hybridized carbons (Fsp3) is 0.353. The van der Waals surface area contributed by atoms with Crippen molar-refractivity contribution in [2.75, 3.05) is 7.05 Å². The van der Waals surface area contributed by atoms with Crippen molar-refractivity contribution in [2.24, 2.45) is 0 Å². The van der Waals surface area contributed by atoms with Crippen molar-refractivity contribution in [2.45, 2.75) is 32.9 Å². The smallest absolute Gasteiger partial charge is 0.226 e. The summed E-state index contributed by atoms with van der Waals surface area (Å²) in [7, 11) is 2.04. The van der Waals surface area contributed by atoms with Gasteiger partial charge in [-0.3, -0.25) is 10.00 Å². The Kier molecular flexibility index (Phi) is 4.52. The first-order valence-corrected chi connectivity index (χ1v) is 7.79. The third-order valence-corrected chi connectivity index (χ3v) is 3.98. The largest absolute Gasteiger partial charge is 0.339 e. The highest BCUT2D eigenvalue weighted by atomic mass is 16.5. The molecule has 0 fully saturated rings. The van der Waals surface area contributed by atoms with Crippen LogP contribution >= 0.6 is 0 Å². The molecule has 1 aromatic carbocycles.